The highest BCUT2D eigenvalue weighted by Gasteiger charge is 2.27. The van der Waals surface area contributed by atoms with Crippen molar-refractivity contribution in [3.63, 3.8) is 0 Å². The van der Waals surface area contributed by atoms with Gasteiger partial charge in [-0.15, -0.1) is 5.92 Å². The first kappa shape index (κ1) is 15.5. The SMILES string of the molecule is CCCC#CC(O)(COC(C)=O)COC(C)=O. The predicted octanol–water partition coefficient (Wildman–Crippen LogP) is 0.647. The Labute approximate surface area is 101 Å². The largest absolute Gasteiger partial charge is 0.462 e. The van der Waals surface area contributed by atoms with Crippen molar-refractivity contribution < 1.29 is 24.2 Å². The molecular formula is C12H18O5. The lowest BCUT2D eigenvalue weighted by Gasteiger charge is -2.20. The number of rotatable bonds is 5. The quantitative estimate of drug-likeness (QED) is 0.566. The van der Waals surface area contributed by atoms with Gasteiger partial charge in [-0.05, 0) is 6.42 Å². The van der Waals surface area contributed by atoms with E-state index >= 15 is 0 Å². The molecule has 0 saturated carbocycles. The van der Waals surface area contributed by atoms with Crippen LogP contribution in [0.25, 0.3) is 0 Å². The summed E-state index contributed by atoms with van der Waals surface area (Å²) in [5.74, 6) is 4.25. The normalized spacial score (nSPS) is 10.1. The summed E-state index contributed by atoms with van der Waals surface area (Å²) < 4.78 is 9.37. The lowest BCUT2D eigenvalue weighted by Crippen LogP contribution is -2.39. The summed E-state index contributed by atoms with van der Waals surface area (Å²) in [5, 5.41) is 10.0. The van der Waals surface area contributed by atoms with Crippen molar-refractivity contribution in [2.24, 2.45) is 0 Å². The molecule has 0 fully saturated rings. The van der Waals surface area contributed by atoms with E-state index in [1.807, 2.05) is 6.92 Å². The Morgan fingerprint density at radius 2 is 1.65 bits per heavy atom. The number of hydrogen-bond donors (Lipinski definition) is 1. The molecule has 5 nitrogen and oxygen atoms in total. The monoisotopic (exact) mass is 242 g/mol. The van der Waals surface area contributed by atoms with Crippen LogP contribution in [0.2, 0.25) is 0 Å². The Bertz CT molecular complexity index is 306. The topological polar surface area (TPSA) is 72.8 Å². The predicted molar refractivity (Wildman–Crippen MR) is 60.9 cm³/mol. The second kappa shape index (κ2) is 7.69. The van der Waals surface area contributed by atoms with Crippen LogP contribution in [-0.4, -0.2) is 35.9 Å². The van der Waals surface area contributed by atoms with Crippen LogP contribution >= 0.6 is 0 Å². The van der Waals surface area contributed by atoms with E-state index in [2.05, 4.69) is 21.3 Å². The number of carbonyl (C=O) groups is 2. The van der Waals surface area contributed by atoms with Crippen molar-refractivity contribution >= 4 is 11.9 Å². The molecule has 0 radical (unpaired) electrons. The minimum absolute atomic E-state index is 0.313. The molecule has 0 rings (SSSR count). The molecule has 0 aromatic rings. The maximum atomic E-state index is 10.7. The van der Waals surface area contributed by atoms with E-state index in [9.17, 15) is 14.7 Å². The fourth-order valence-electron chi connectivity index (χ4n) is 0.908. The van der Waals surface area contributed by atoms with Gasteiger partial charge in [0.2, 0.25) is 0 Å². The van der Waals surface area contributed by atoms with E-state index in [1.165, 1.54) is 13.8 Å². The molecule has 0 aliphatic heterocycles. The Kier molecular flexibility index (Phi) is 6.99. The van der Waals surface area contributed by atoms with E-state index in [-0.39, 0.29) is 13.2 Å². The molecular weight excluding hydrogens is 224 g/mol. The number of ether oxygens (including phenoxy) is 2. The van der Waals surface area contributed by atoms with Gasteiger partial charge in [-0.25, -0.2) is 0 Å². The third-order valence-corrected chi connectivity index (χ3v) is 1.72. The van der Waals surface area contributed by atoms with Gasteiger partial charge in [0, 0.05) is 20.3 Å². The van der Waals surface area contributed by atoms with Crippen LogP contribution in [0.15, 0.2) is 0 Å². The first-order valence-corrected chi connectivity index (χ1v) is 5.39. The summed E-state index contributed by atoms with van der Waals surface area (Å²) >= 11 is 0. The van der Waals surface area contributed by atoms with Gasteiger partial charge in [-0.2, -0.15) is 0 Å². The van der Waals surface area contributed by atoms with Crippen LogP contribution in [0.1, 0.15) is 33.6 Å². The summed E-state index contributed by atoms with van der Waals surface area (Å²) in [6.07, 6.45) is 1.46. The van der Waals surface area contributed by atoms with Crippen molar-refractivity contribution in [2.75, 3.05) is 13.2 Å². The maximum Gasteiger partial charge on any atom is 0.302 e. The van der Waals surface area contributed by atoms with E-state index in [0.29, 0.717) is 6.42 Å². The summed E-state index contributed by atoms with van der Waals surface area (Å²) in [6.45, 7) is 3.78. The summed E-state index contributed by atoms with van der Waals surface area (Å²) in [4.78, 5) is 21.3. The molecule has 1 N–H and O–H groups in total. The second-order valence-electron chi connectivity index (χ2n) is 3.64. The molecule has 0 aliphatic carbocycles. The average molecular weight is 242 g/mol. The van der Waals surface area contributed by atoms with Gasteiger partial charge in [0.15, 0.2) is 5.60 Å². The van der Waals surface area contributed by atoms with Gasteiger partial charge in [-0.1, -0.05) is 12.8 Å². The highest BCUT2D eigenvalue weighted by molar-refractivity contribution is 5.66. The van der Waals surface area contributed by atoms with Gasteiger partial charge in [0.05, 0.1) is 0 Å². The first-order valence-electron chi connectivity index (χ1n) is 5.39. The van der Waals surface area contributed by atoms with E-state index in [0.717, 1.165) is 6.42 Å². The van der Waals surface area contributed by atoms with Crippen molar-refractivity contribution in [3.8, 4) is 11.8 Å². The molecule has 0 aliphatic rings. The van der Waals surface area contributed by atoms with Crippen LogP contribution in [0.4, 0.5) is 0 Å². The van der Waals surface area contributed by atoms with Crippen molar-refractivity contribution in [2.45, 2.75) is 39.2 Å². The van der Waals surface area contributed by atoms with Crippen LogP contribution in [-0.2, 0) is 19.1 Å². The van der Waals surface area contributed by atoms with E-state index in [4.69, 9.17) is 0 Å². The minimum Gasteiger partial charge on any atom is -0.462 e. The summed E-state index contributed by atoms with van der Waals surface area (Å²) in [7, 11) is 0. The number of esters is 2. The number of carbonyl (C=O) groups excluding carboxylic acids is 2. The zero-order chi connectivity index (χ0) is 13.3. The molecule has 0 spiro atoms. The van der Waals surface area contributed by atoms with Crippen molar-refractivity contribution in [1.29, 1.82) is 0 Å². The fraction of sp³-hybridized carbons (Fsp3) is 0.667. The van der Waals surface area contributed by atoms with Gasteiger partial charge >= 0.3 is 11.9 Å². The minimum atomic E-state index is -1.63. The lowest BCUT2D eigenvalue weighted by atomic mass is 10.1. The average Bonchev–Trinajstić information content (AvgIpc) is 2.24. The zero-order valence-electron chi connectivity index (χ0n) is 10.4. The fourth-order valence-corrected chi connectivity index (χ4v) is 0.908. The molecule has 0 unspecified atom stereocenters. The number of hydrogen-bond acceptors (Lipinski definition) is 5. The molecule has 0 amide bonds. The maximum absolute atomic E-state index is 10.7. The summed E-state index contributed by atoms with van der Waals surface area (Å²) in [5.41, 5.74) is -1.63. The molecule has 5 heteroatoms. The van der Waals surface area contributed by atoms with Crippen LogP contribution in [0.3, 0.4) is 0 Å². The van der Waals surface area contributed by atoms with Crippen LogP contribution < -0.4 is 0 Å². The van der Waals surface area contributed by atoms with E-state index in [1.54, 1.807) is 0 Å². The number of aliphatic hydroxyl groups is 1. The Balaban J connectivity index is 4.51. The van der Waals surface area contributed by atoms with Crippen LogP contribution in [0.5, 0.6) is 0 Å². The first-order chi connectivity index (χ1) is 7.89. The van der Waals surface area contributed by atoms with E-state index < -0.39 is 17.5 Å². The van der Waals surface area contributed by atoms with Crippen molar-refractivity contribution in [1.82, 2.24) is 0 Å². The van der Waals surface area contributed by atoms with Gasteiger partial charge in [0.25, 0.3) is 0 Å². The molecule has 0 aromatic heterocycles. The highest BCUT2D eigenvalue weighted by atomic mass is 16.6. The molecule has 0 atom stereocenters. The lowest BCUT2D eigenvalue weighted by molar-refractivity contribution is -0.154. The molecule has 0 saturated heterocycles. The Hall–Kier alpha value is -1.54. The summed E-state index contributed by atoms with van der Waals surface area (Å²) in [6, 6.07) is 0. The second-order valence-corrected chi connectivity index (χ2v) is 3.64. The zero-order valence-corrected chi connectivity index (χ0v) is 10.4. The molecule has 96 valence electrons. The smallest absolute Gasteiger partial charge is 0.302 e. The molecule has 0 aromatic carbocycles. The third-order valence-electron chi connectivity index (χ3n) is 1.72. The standard InChI is InChI=1S/C12H18O5/c1-4-5-6-7-12(15,8-16-10(2)13)9-17-11(3)14/h15H,4-5,8-9H2,1-3H3. The molecule has 17 heavy (non-hydrogen) atoms. The highest BCUT2D eigenvalue weighted by Crippen LogP contribution is 2.06. The molecule has 0 heterocycles. The van der Waals surface area contributed by atoms with Gasteiger partial charge < -0.3 is 14.6 Å². The van der Waals surface area contributed by atoms with Gasteiger partial charge in [-0.3, -0.25) is 9.59 Å². The Morgan fingerprint density at radius 1 is 1.18 bits per heavy atom. The van der Waals surface area contributed by atoms with Crippen molar-refractivity contribution in [3.05, 3.63) is 0 Å². The molecule has 0 bridgehead atoms. The number of unbranched alkanes of at least 4 members (excludes halogenated alkanes) is 1. The Morgan fingerprint density at radius 3 is 2.00 bits per heavy atom. The van der Waals surface area contributed by atoms with Gasteiger partial charge in [0.1, 0.15) is 13.2 Å². The van der Waals surface area contributed by atoms with Crippen LogP contribution in [0, 0.1) is 11.8 Å². The third kappa shape index (κ3) is 8.29.